The molecule has 1 aromatic rings. The van der Waals surface area contributed by atoms with E-state index in [1.165, 1.54) is 0 Å². The van der Waals surface area contributed by atoms with Gasteiger partial charge in [-0.1, -0.05) is 15.9 Å². The van der Waals surface area contributed by atoms with E-state index < -0.39 is 12.5 Å². The van der Waals surface area contributed by atoms with Crippen LogP contribution >= 0.6 is 15.9 Å². The Kier molecular flexibility index (Phi) is 4.47. The fourth-order valence-electron chi connectivity index (χ4n) is 1.20. The highest BCUT2D eigenvalue weighted by molar-refractivity contribution is 9.10. The summed E-state index contributed by atoms with van der Waals surface area (Å²) in [6, 6.07) is 3.60. The van der Waals surface area contributed by atoms with Gasteiger partial charge in [0, 0.05) is 10.0 Å². The molecular weight excluding hydrogens is 268 g/mol. The molecule has 0 aromatic heterocycles. The Morgan fingerprint density at radius 2 is 2.13 bits per heavy atom. The Labute approximate surface area is 95.5 Å². The van der Waals surface area contributed by atoms with Gasteiger partial charge in [-0.3, -0.25) is 0 Å². The van der Waals surface area contributed by atoms with Crippen molar-refractivity contribution in [3.63, 3.8) is 0 Å². The fraction of sp³-hybridized carbons (Fsp3) is 0.400. The van der Waals surface area contributed by atoms with Crippen molar-refractivity contribution < 1.29 is 13.5 Å². The number of rotatable bonds is 4. The molecule has 84 valence electrons. The summed E-state index contributed by atoms with van der Waals surface area (Å²) in [5, 5.41) is 0. The van der Waals surface area contributed by atoms with Gasteiger partial charge in [0.1, 0.15) is 5.75 Å². The highest BCUT2D eigenvalue weighted by atomic mass is 79.9. The third-order valence-electron chi connectivity index (χ3n) is 1.90. The average molecular weight is 280 g/mol. The number of hydrogen-bond donors (Lipinski definition) is 1. The minimum absolute atomic E-state index is 0.321. The number of hydrogen-bond acceptors (Lipinski definition) is 2. The molecule has 0 aliphatic rings. The predicted molar refractivity (Wildman–Crippen MR) is 58.2 cm³/mol. The van der Waals surface area contributed by atoms with E-state index in [0.29, 0.717) is 22.4 Å². The SMILES string of the molecule is CCOc1ccc(Br)cc1[C@H](N)C(F)F. The van der Waals surface area contributed by atoms with Crippen LogP contribution in [0.15, 0.2) is 22.7 Å². The molecule has 2 N–H and O–H groups in total. The lowest BCUT2D eigenvalue weighted by molar-refractivity contribution is 0.114. The van der Waals surface area contributed by atoms with Crippen molar-refractivity contribution in [1.29, 1.82) is 0 Å². The third-order valence-corrected chi connectivity index (χ3v) is 2.40. The Balaban J connectivity index is 3.06. The van der Waals surface area contributed by atoms with Crippen LogP contribution in [-0.2, 0) is 0 Å². The second-order valence-electron chi connectivity index (χ2n) is 2.98. The van der Waals surface area contributed by atoms with Crippen LogP contribution in [-0.4, -0.2) is 13.0 Å². The second-order valence-corrected chi connectivity index (χ2v) is 3.89. The molecule has 0 unspecified atom stereocenters. The Bertz CT molecular complexity index is 333. The third kappa shape index (κ3) is 3.14. The zero-order chi connectivity index (χ0) is 11.4. The highest BCUT2D eigenvalue weighted by Crippen LogP contribution is 2.30. The molecule has 1 rings (SSSR count). The number of nitrogens with two attached hydrogens (primary N) is 1. The molecule has 5 heteroatoms. The van der Waals surface area contributed by atoms with Gasteiger partial charge in [-0.25, -0.2) is 8.78 Å². The van der Waals surface area contributed by atoms with Crippen molar-refractivity contribution in [2.75, 3.05) is 6.61 Å². The standard InChI is InChI=1S/C10H12BrF2NO/c1-2-15-8-4-3-6(11)5-7(8)9(14)10(12)13/h3-5,9-10H,2,14H2,1H3/t9-/m0/s1. The zero-order valence-corrected chi connectivity index (χ0v) is 9.80. The average Bonchev–Trinajstić information content (AvgIpc) is 2.20. The molecule has 0 aliphatic heterocycles. The van der Waals surface area contributed by atoms with Crippen LogP contribution in [0.5, 0.6) is 5.75 Å². The highest BCUT2D eigenvalue weighted by Gasteiger charge is 2.21. The van der Waals surface area contributed by atoms with Gasteiger partial charge in [0.15, 0.2) is 0 Å². The van der Waals surface area contributed by atoms with Crippen molar-refractivity contribution in [3.8, 4) is 5.75 Å². The second kappa shape index (κ2) is 5.42. The van der Waals surface area contributed by atoms with Gasteiger partial charge in [-0.05, 0) is 25.1 Å². The summed E-state index contributed by atoms with van der Waals surface area (Å²) in [5.41, 5.74) is 5.71. The maximum atomic E-state index is 12.5. The van der Waals surface area contributed by atoms with Crippen LogP contribution in [0, 0.1) is 0 Å². The van der Waals surface area contributed by atoms with Gasteiger partial charge in [0.2, 0.25) is 0 Å². The first-order valence-corrected chi connectivity index (χ1v) is 5.31. The van der Waals surface area contributed by atoms with Crippen LogP contribution in [0.2, 0.25) is 0 Å². The lowest BCUT2D eigenvalue weighted by atomic mass is 10.1. The normalized spacial score (nSPS) is 12.9. The summed E-state index contributed by atoms with van der Waals surface area (Å²) in [5.74, 6) is 0.411. The van der Waals surface area contributed by atoms with E-state index in [4.69, 9.17) is 10.5 Å². The van der Waals surface area contributed by atoms with Gasteiger partial charge < -0.3 is 10.5 Å². The molecule has 0 fully saturated rings. The van der Waals surface area contributed by atoms with Crippen LogP contribution in [0.25, 0.3) is 0 Å². The molecule has 1 atom stereocenters. The molecule has 0 amide bonds. The number of halogens is 3. The summed E-state index contributed by atoms with van der Waals surface area (Å²) in [7, 11) is 0. The van der Waals surface area contributed by atoms with Gasteiger partial charge in [-0.2, -0.15) is 0 Å². The first kappa shape index (κ1) is 12.4. The maximum absolute atomic E-state index is 12.5. The van der Waals surface area contributed by atoms with Crippen molar-refractivity contribution in [3.05, 3.63) is 28.2 Å². The van der Waals surface area contributed by atoms with Gasteiger partial charge in [-0.15, -0.1) is 0 Å². The molecular formula is C10H12BrF2NO. The van der Waals surface area contributed by atoms with E-state index >= 15 is 0 Å². The smallest absolute Gasteiger partial charge is 0.257 e. The molecule has 0 heterocycles. The Morgan fingerprint density at radius 3 is 2.67 bits per heavy atom. The van der Waals surface area contributed by atoms with E-state index in [1.54, 1.807) is 25.1 Å². The monoisotopic (exact) mass is 279 g/mol. The predicted octanol–water partition coefficient (Wildman–Crippen LogP) is 3.11. The topological polar surface area (TPSA) is 35.2 Å². The summed E-state index contributed by atoms with van der Waals surface area (Å²) in [4.78, 5) is 0. The molecule has 15 heavy (non-hydrogen) atoms. The molecule has 0 bridgehead atoms. The summed E-state index contributed by atoms with van der Waals surface area (Å²) >= 11 is 3.21. The molecule has 0 saturated heterocycles. The van der Waals surface area contributed by atoms with Gasteiger partial charge in [0.25, 0.3) is 6.43 Å². The maximum Gasteiger partial charge on any atom is 0.257 e. The molecule has 0 spiro atoms. The van der Waals surface area contributed by atoms with Crippen LogP contribution in [0.3, 0.4) is 0 Å². The van der Waals surface area contributed by atoms with Gasteiger partial charge >= 0.3 is 0 Å². The van der Waals surface area contributed by atoms with Crippen molar-refractivity contribution in [1.82, 2.24) is 0 Å². The summed E-state index contributed by atoms with van der Waals surface area (Å²) < 4.78 is 30.9. The van der Waals surface area contributed by atoms with E-state index in [-0.39, 0.29) is 0 Å². The largest absolute Gasteiger partial charge is 0.494 e. The molecule has 2 nitrogen and oxygen atoms in total. The number of alkyl halides is 2. The molecule has 0 aliphatic carbocycles. The Morgan fingerprint density at radius 1 is 1.47 bits per heavy atom. The van der Waals surface area contributed by atoms with Crippen molar-refractivity contribution in [2.24, 2.45) is 5.73 Å². The zero-order valence-electron chi connectivity index (χ0n) is 8.21. The molecule has 0 saturated carbocycles. The van der Waals surface area contributed by atoms with Crippen LogP contribution in [0.1, 0.15) is 18.5 Å². The quantitative estimate of drug-likeness (QED) is 0.919. The first-order chi connectivity index (χ1) is 7.06. The number of benzene rings is 1. The summed E-state index contributed by atoms with van der Waals surface area (Å²) in [6.07, 6.45) is -2.60. The van der Waals surface area contributed by atoms with E-state index in [0.717, 1.165) is 0 Å². The molecule has 1 aromatic carbocycles. The fourth-order valence-corrected chi connectivity index (χ4v) is 1.58. The van der Waals surface area contributed by atoms with E-state index in [2.05, 4.69) is 15.9 Å². The molecule has 0 radical (unpaired) electrons. The number of ether oxygens (including phenoxy) is 1. The lowest BCUT2D eigenvalue weighted by Crippen LogP contribution is -2.20. The first-order valence-electron chi connectivity index (χ1n) is 4.52. The van der Waals surface area contributed by atoms with Crippen LogP contribution < -0.4 is 10.5 Å². The Hall–Kier alpha value is -0.680. The minimum atomic E-state index is -2.60. The van der Waals surface area contributed by atoms with Gasteiger partial charge in [0.05, 0.1) is 12.6 Å². The van der Waals surface area contributed by atoms with Crippen LogP contribution in [0.4, 0.5) is 8.78 Å². The van der Waals surface area contributed by atoms with E-state index in [1.807, 2.05) is 0 Å². The lowest BCUT2D eigenvalue weighted by Gasteiger charge is -2.16. The van der Waals surface area contributed by atoms with E-state index in [9.17, 15) is 8.78 Å². The summed E-state index contributed by atoms with van der Waals surface area (Å²) in [6.45, 7) is 2.21. The minimum Gasteiger partial charge on any atom is -0.494 e. The van der Waals surface area contributed by atoms with Crippen molar-refractivity contribution >= 4 is 15.9 Å². The van der Waals surface area contributed by atoms with Crippen molar-refractivity contribution in [2.45, 2.75) is 19.4 Å².